The molecule has 63 heavy (non-hydrogen) atoms. The van der Waals surface area contributed by atoms with Gasteiger partial charge in [-0.05, 0) is 110 Å². The van der Waals surface area contributed by atoms with Crippen LogP contribution in [0.4, 0.5) is 17.1 Å². The van der Waals surface area contributed by atoms with Gasteiger partial charge >= 0.3 is 0 Å². The molecule has 0 radical (unpaired) electrons. The van der Waals surface area contributed by atoms with Crippen LogP contribution < -0.4 is 4.90 Å². The molecule has 0 saturated heterocycles. The van der Waals surface area contributed by atoms with Crippen LogP contribution in [0.5, 0.6) is 0 Å². The molecule has 0 saturated carbocycles. The highest BCUT2D eigenvalue weighted by atomic mass is 16.3. The average molecular weight is 804 g/mol. The van der Waals surface area contributed by atoms with Crippen molar-refractivity contribution in [2.75, 3.05) is 4.90 Å². The van der Waals surface area contributed by atoms with E-state index in [1.807, 2.05) is 18.2 Å². The summed E-state index contributed by atoms with van der Waals surface area (Å²) < 4.78 is 12.9. The molecule has 0 aliphatic carbocycles. The van der Waals surface area contributed by atoms with Gasteiger partial charge in [-0.15, -0.1) is 0 Å². The van der Waals surface area contributed by atoms with E-state index in [1.165, 1.54) is 43.4 Å². The van der Waals surface area contributed by atoms with Gasteiger partial charge in [0.15, 0.2) is 0 Å². The third kappa shape index (κ3) is 5.60. The van der Waals surface area contributed by atoms with Crippen molar-refractivity contribution in [3.63, 3.8) is 0 Å². The molecule has 0 aliphatic heterocycles. The second-order valence-electron chi connectivity index (χ2n) is 16.4. The van der Waals surface area contributed by atoms with Crippen molar-refractivity contribution >= 4 is 93.3 Å². The van der Waals surface area contributed by atoms with E-state index < -0.39 is 0 Å². The molecule has 0 fully saturated rings. The van der Waals surface area contributed by atoms with Gasteiger partial charge in [-0.1, -0.05) is 164 Å². The molecule has 0 unspecified atom stereocenters. The maximum atomic E-state index is 6.47. The summed E-state index contributed by atoms with van der Waals surface area (Å²) in [5.74, 6) is 0. The molecular formula is C60H37NO2. The van der Waals surface area contributed by atoms with Crippen molar-refractivity contribution in [1.82, 2.24) is 0 Å². The number of anilines is 3. The summed E-state index contributed by atoms with van der Waals surface area (Å²) in [5, 5.41) is 11.9. The summed E-state index contributed by atoms with van der Waals surface area (Å²) in [6.45, 7) is 0. The minimum Gasteiger partial charge on any atom is -0.456 e. The molecule has 3 nitrogen and oxygen atoms in total. The molecule has 0 N–H and O–H groups in total. The largest absolute Gasteiger partial charge is 0.456 e. The van der Waals surface area contributed by atoms with Crippen molar-refractivity contribution in [3.8, 4) is 33.4 Å². The minimum absolute atomic E-state index is 0.899. The standard InChI is InChI=1S/C60H37NO2/c1-2-13-38(14-3-1)39-25-30-42(31-26-39)61(43-32-27-40(28-33-43)45-20-12-21-51-48-17-7-10-23-55(48)63-60(45)51)54-22-9-6-15-44(54)41-29-34-47-46-16-4-5-18-49(46)58-50(53(47)37-41)35-36-57-59(58)52-19-8-11-24-56(52)62-57/h1-37H. The first-order chi connectivity index (χ1) is 31.2. The maximum Gasteiger partial charge on any atom is 0.143 e. The van der Waals surface area contributed by atoms with Crippen molar-refractivity contribution in [2.24, 2.45) is 0 Å². The van der Waals surface area contributed by atoms with Gasteiger partial charge in [-0.3, -0.25) is 0 Å². The normalized spacial score (nSPS) is 11.8. The highest BCUT2D eigenvalue weighted by Crippen LogP contribution is 2.46. The zero-order chi connectivity index (χ0) is 41.4. The maximum absolute atomic E-state index is 6.47. The fraction of sp³-hybridized carbons (Fsp3) is 0. The predicted molar refractivity (Wildman–Crippen MR) is 265 cm³/mol. The number of benzene rings is 11. The summed E-state index contributed by atoms with van der Waals surface area (Å²) in [6.07, 6.45) is 0. The van der Waals surface area contributed by atoms with Gasteiger partial charge in [0.2, 0.25) is 0 Å². The summed E-state index contributed by atoms with van der Waals surface area (Å²) in [4.78, 5) is 2.39. The number of rotatable bonds is 6. The molecule has 3 heteroatoms. The molecule has 0 aliphatic rings. The van der Waals surface area contributed by atoms with Gasteiger partial charge in [-0.2, -0.15) is 0 Å². The Hall–Kier alpha value is -8.40. The lowest BCUT2D eigenvalue weighted by Gasteiger charge is -2.28. The number of nitrogens with zero attached hydrogens (tertiary/aromatic N) is 1. The second-order valence-corrected chi connectivity index (χ2v) is 16.4. The molecule has 11 aromatic carbocycles. The van der Waals surface area contributed by atoms with Crippen LogP contribution in [0.3, 0.4) is 0 Å². The Morgan fingerprint density at radius 2 is 0.810 bits per heavy atom. The third-order valence-corrected chi connectivity index (χ3v) is 12.9. The van der Waals surface area contributed by atoms with Crippen LogP contribution in [0.15, 0.2) is 233 Å². The molecule has 0 amide bonds. The average Bonchev–Trinajstić information content (AvgIpc) is 3.94. The van der Waals surface area contributed by atoms with E-state index in [2.05, 4.69) is 211 Å². The van der Waals surface area contributed by atoms with Crippen LogP contribution in [0, 0.1) is 0 Å². The van der Waals surface area contributed by atoms with Crippen molar-refractivity contribution < 1.29 is 8.83 Å². The molecule has 2 aromatic heterocycles. The van der Waals surface area contributed by atoms with Crippen LogP contribution in [-0.4, -0.2) is 0 Å². The van der Waals surface area contributed by atoms with E-state index in [0.717, 1.165) is 83.2 Å². The van der Waals surface area contributed by atoms with Crippen molar-refractivity contribution in [3.05, 3.63) is 224 Å². The molecule has 0 spiro atoms. The van der Waals surface area contributed by atoms with Gasteiger partial charge in [0.05, 0.1) is 5.69 Å². The van der Waals surface area contributed by atoms with E-state index in [4.69, 9.17) is 8.83 Å². The van der Waals surface area contributed by atoms with Gasteiger partial charge in [0.1, 0.15) is 22.3 Å². The quantitative estimate of drug-likeness (QED) is 0.157. The Morgan fingerprint density at radius 3 is 1.60 bits per heavy atom. The van der Waals surface area contributed by atoms with Gasteiger partial charge < -0.3 is 13.7 Å². The second kappa shape index (κ2) is 14.1. The number of para-hydroxylation sites is 4. The van der Waals surface area contributed by atoms with Crippen LogP contribution >= 0.6 is 0 Å². The molecule has 0 bridgehead atoms. The summed E-state index contributed by atoms with van der Waals surface area (Å²) in [5.41, 5.74) is 13.7. The third-order valence-electron chi connectivity index (χ3n) is 12.9. The van der Waals surface area contributed by atoms with E-state index in [9.17, 15) is 0 Å². The number of hydrogen-bond acceptors (Lipinski definition) is 3. The smallest absolute Gasteiger partial charge is 0.143 e. The first-order valence-electron chi connectivity index (χ1n) is 21.5. The van der Waals surface area contributed by atoms with Gasteiger partial charge in [0.25, 0.3) is 0 Å². The zero-order valence-corrected chi connectivity index (χ0v) is 34.1. The molecule has 0 atom stereocenters. The topological polar surface area (TPSA) is 29.5 Å². The lowest BCUT2D eigenvalue weighted by atomic mass is 9.90. The zero-order valence-electron chi connectivity index (χ0n) is 34.1. The van der Waals surface area contributed by atoms with Crippen LogP contribution in [0.25, 0.3) is 110 Å². The molecule has 13 aromatic rings. The van der Waals surface area contributed by atoms with Crippen LogP contribution in [0.1, 0.15) is 0 Å². The minimum atomic E-state index is 0.899. The van der Waals surface area contributed by atoms with E-state index in [1.54, 1.807) is 0 Å². The fourth-order valence-corrected chi connectivity index (χ4v) is 9.96. The molecular weight excluding hydrogens is 767 g/mol. The van der Waals surface area contributed by atoms with Crippen molar-refractivity contribution in [2.45, 2.75) is 0 Å². The summed E-state index contributed by atoms with van der Waals surface area (Å²) >= 11 is 0. The molecule has 2 heterocycles. The number of furan rings is 2. The molecule has 294 valence electrons. The Morgan fingerprint density at radius 1 is 0.270 bits per heavy atom. The van der Waals surface area contributed by atoms with Gasteiger partial charge in [0, 0.05) is 49.4 Å². The summed E-state index contributed by atoms with van der Waals surface area (Å²) in [7, 11) is 0. The lowest BCUT2D eigenvalue weighted by Crippen LogP contribution is -2.11. The first kappa shape index (κ1) is 35.4. The van der Waals surface area contributed by atoms with Crippen LogP contribution in [0.2, 0.25) is 0 Å². The fourth-order valence-electron chi connectivity index (χ4n) is 9.96. The Labute approximate surface area is 363 Å². The lowest BCUT2D eigenvalue weighted by molar-refractivity contribution is 0.669. The summed E-state index contributed by atoms with van der Waals surface area (Å²) in [6, 6.07) is 80.5. The van der Waals surface area contributed by atoms with Crippen molar-refractivity contribution in [1.29, 1.82) is 0 Å². The number of fused-ring (bicyclic) bond motifs is 13. The monoisotopic (exact) mass is 803 g/mol. The SMILES string of the molecule is c1ccc(-c2ccc(N(c3ccc(-c4cccc5c4oc4ccccc45)cc3)c3ccccc3-c3ccc4c5ccccc5c5c(ccc6oc7ccccc7c65)c4c3)cc2)cc1. The van der Waals surface area contributed by atoms with E-state index in [-0.39, 0.29) is 0 Å². The van der Waals surface area contributed by atoms with Gasteiger partial charge in [-0.25, -0.2) is 0 Å². The van der Waals surface area contributed by atoms with E-state index in [0.29, 0.717) is 0 Å². The van der Waals surface area contributed by atoms with E-state index >= 15 is 0 Å². The Kier molecular flexibility index (Phi) is 7.91. The number of hydrogen-bond donors (Lipinski definition) is 0. The Bertz CT molecular complexity index is 3900. The molecule has 13 rings (SSSR count). The Balaban J connectivity index is 0.998. The van der Waals surface area contributed by atoms with Crippen LogP contribution in [-0.2, 0) is 0 Å². The highest BCUT2D eigenvalue weighted by molar-refractivity contribution is 6.34. The predicted octanol–water partition coefficient (Wildman–Crippen LogP) is 17.4. The highest BCUT2D eigenvalue weighted by Gasteiger charge is 2.21. The first-order valence-corrected chi connectivity index (χ1v) is 21.5.